The largest absolute Gasteiger partial charge is 0.491 e. The van der Waals surface area contributed by atoms with Gasteiger partial charge in [-0.1, -0.05) is 6.92 Å². The second kappa shape index (κ2) is 10.9. The van der Waals surface area contributed by atoms with Gasteiger partial charge in [0.2, 0.25) is 11.9 Å². The number of carbonyl (C=O) groups excluding carboxylic acids is 1. The fourth-order valence-electron chi connectivity index (χ4n) is 4.11. The zero-order valence-electron chi connectivity index (χ0n) is 20.6. The van der Waals surface area contributed by atoms with Crippen LogP contribution in [0.25, 0.3) is 11.3 Å². The van der Waals surface area contributed by atoms with Gasteiger partial charge in [-0.15, -0.1) is 0 Å². The first-order chi connectivity index (χ1) is 17.9. The van der Waals surface area contributed by atoms with Crippen LogP contribution in [0.2, 0.25) is 0 Å². The summed E-state index contributed by atoms with van der Waals surface area (Å²) in [5.41, 5.74) is 3.88. The molecule has 188 valence electrons. The number of benzene rings is 2. The molecule has 0 aliphatic carbocycles. The molecule has 4 rings (SSSR count). The van der Waals surface area contributed by atoms with E-state index in [1.165, 1.54) is 6.92 Å². The van der Waals surface area contributed by atoms with E-state index >= 15 is 0 Å². The number of nitrogens with one attached hydrogen (secondary N) is 3. The summed E-state index contributed by atoms with van der Waals surface area (Å²) < 4.78 is 5.88. The number of ether oxygens (including phenoxy) is 1. The summed E-state index contributed by atoms with van der Waals surface area (Å²) in [5, 5.41) is 38.2. The quantitative estimate of drug-likeness (QED) is 0.326. The van der Waals surface area contributed by atoms with Crippen molar-refractivity contribution in [3.63, 3.8) is 0 Å². The zero-order chi connectivity index (χ0) is 26.4. The number of fused-ring (bicyclic) bond motifs is 1. The van der Waals surface area contributed by atoms with Gasteiger partial charge in [0.1, 0.15) is 11.8 Å². The van der Waals surface area contributed by atoms with Gasteiger partial charge in [0.05, 0.1) is 47.5 Å². The fraction of sp³-hybridized carbons (Fsp3) is 0.296. The number of rotatable bonds is 9. The number of aromatic nitrogens is 2. The molecule has 1 aliphatic rings. The molecule has 4 N–H and O–H groups in total. The highest BCUT2D eigenvalue weighted by atomic mass is 16.5. The normalized spacial score (nSPS) is 15.6. The number of aliphatic hydroxyl groups is 1. The molecular weight excluding hydrogens is 470 g/mol. The van der Waals surface area contributed by atoms with Gasteiger partial charge in [-0.25, -0.2) is 9.97 Å². The molecule has 3 aromatic rings. The lowest BCUT2D eigenvalue weighted by molar-refractivity contribution is -0.118. The maximum atomic E-state index is 11.0. The van der Waals surface area contributed by atoms with E-state index in [4.69, 9.17) is 4.74 Å². The van der Waals surface area contributed by atoms with Gasteiger partial charge >= 0.3 is 0 Å². The Balaban J connectivity index is 1.60. The number of aliphatic hydroxyl groups excluding tert-OH is 1. The Hall–Kier alpha value is -4.67. The summed E-state index contributed by atoms with van der Waals surface area (Å²) in [7, 11) is 0. The van der Waals surface area contributed by atoms with E-state index in [-0.39, 0.29) is 18.5 Å². The molecule has 10 nitrogen and oxygen atoms in total. The van der Waals surface area contributed by atoms with Gasteiger partial charge < -0.3 is 25.8 Å². The summed E-state index contributed by atoms with van der Waals surface area (Å²) in [5.74, 6) is 0.711. The van der Waals surface area contributed by atoms with E-state index in [9.17, 15) is 20.4 Å². The lowest BCUT2D eigenvalue weighted by Gasteiger charge is -2.21. The molecule has 1 aromatic heterocycles. The molecule has 1 aliphatic heterocycles. The first-order valence-electron chi connectivity index (χ1n) is 11.8. The number of anilines is 3. The minimum atomic E-state index is -0.505. The van der Waals surface area contributed by atoms with Crippen molar-refractivity contribution < 1.29 is 14.6 Å². The van der Waals surface area contributed by atoms with Crippen LogP contribution in [0.4, 0.5) is 17.3 Å². The third kappa shape index (κ3) is 5.61. The molecule has 0 fully saturated rings. The van der Waals surface area contributed by atoms with E-state index in [1.807, 2.05) is 13.0 Å². The summed E-state index contributed by atoms with van der Waals surface area (Å²) in [6.07, 6.45) is 2.22. The summed E-state index contributed by atoms with van der Waals surface area (Å²) in [4.78, 5) is 20.0. The van der Waals surface area contributed by atoms with Crippen LogP contribution < -0.4 is 20.7 Å². The smallest absolute Gasteiger partial charge is 0.227 e. The lowest BCUT2D eigenvalue weighted by atomic mass is 9.83. The number of nitrogens with zero attached hydrogens (tertiary/aromatic N) is 4. The Bertz CT molecular complexity index is 1410. The molecule has 1 amide bonds. The predicted octanol–water partition coefficient (Wildman–Crippen LogP) is 3.21. The van der Waals surface area contributed by atoms with Crippen LogP contribution in [0.3, 0.4) is 0 Å². The molecule has 2 heterocycles. The molecule has 0 saturated heterocycles. The average molecular weight is 498 g/mol. The Kier molecular flexibility index (Phi) is 7.52. The number of hydrogen-bond acceptors (Lipinski definition) is 9. The first kappa shape index (κ1) is 25.4. The van der Waals surface area contributed by atoms with Crippen molar-refractivity contribution in [1.29, 1.82) is 10.5 Å². The monoisotopic (exact) mass is 497 g/mol. The number of amides is 1. The highest BCUT2D eigenvalue weighted by molar-refractivity contribution is 5.77. The van der Waals surface area contributed by atoms with Crippen molar-refractivity contribution in [2.45, 2.75) is 25.7 Å². The highest BCUT2D eigenvalue weighted by Crippen LogP contribution is 2.41. The first-order valence-corrected chi connectivity index (χ1v) is 11.8. The molecule has 0 radical (unpaired) electrons. The van der Waals surface area contributed by atoms with Gasteiger partial charge in [-0.3, -0.25) is 4.79 Å². The standard InChI is InChI=1S/C27H27N7O3/c1-17(36)30-7-3-9-37-24-5-4-18(13-28)10-23(24)34-26-31-8-6-22(33-26)19-11-20(14-29)25-21(12-19)27(2,16-35)15-32-25/h4-6,8,10-12,32,35H,3,7,9,15-16H2,1-2H3,(H,30,36)(H,31,33,34)/t27-/m1/s1. The van der Waals surface area contributed by atoms with Crippen LogP contribution in [0.15, 0.2) is 42.6 Å². The molecule has 0 spiro atoms. The van der Waals surface area contributed by atoms with Crippen LogP contribution in [-0.2, 0) is 10.2 Å². The Labute approximate surface area is 214 Å². The summed E-state index contributed by atoms with van der Waals surface area (Å²) in [6.45, 7) is 4.76. The van der Waals surface area contributed by atoms with Crippen molar-refractivity contribution in [2.24, 2.45) is 0 Å². The van der Waals surface area contributed by atoms with Crippen LogP contribution in [0, 0.1) is 22.7 Å². The van der Waals surface area contributed by atoms with Gasteiger partial charge in [0.15, 0.2) is 0 Å². The van der Waals surface area contributed by atoms with Crippen molar-refractivity contribution in [3.8, 4) is 29.1 Å². The second-order valence-corrected chi connectivity index (χ2v) is 9.03. The SMILES string of the molecule is CC(=O)NCCCOc1ccc(C#N)cc1Nc1nccc(-c2cc(C#N)c3c(c2)[C@@](C)(CO)CN3)n1. The van der Waals surface area contributed by atoms with Gasteiger partial charge in [-0.05, 0) is 48.4 Å². The molecule has 1 atom stereocenters. The van der Waals surface area contributed by atoms with E-state index in [2.05, 4.69) is 38.1 Å². The summed E-state index contributed by atoms with van der Waals surface area (Å²) in [6, 6.07) is 14.8. The molecule has 0 saturated carbocycles. The van der Waals surface area contributed by atoms with Crippen LogP contribution in [0.1, 0.15) is 37.0 Å². The zero-order valence-corrected chi connectivity index (χ0v) is 20.6. The minimum Gasteiger partial charge on any atom is -0.491 e. The van der Waals surface area contributed by atoms with E-state index < -0.39 is 5.41 Å². The highest BCUT2D eigenvalue weighted by Gasteiger charge is 2.36. The Morgan fingerprint density at radius 2 is 2.08 bits per heavy atom. The Morgan fingerprint density at radius 3 is 2.81 bits per heavy atom. The Morgan fingerprint density at radius 1 is 1.24 bits per heavy atom. The van der Waals surface area contributed by atoms with Crippen molar-refractivity contribution in [3.05, 3.63) is 59.3 Å². The maximum Gasteiger partial charge on any atom is 0.227 e. The fourth-order valence-corrected chi connectivity index (χ4v) is 4.11. The summed E-state index contributed by atoms with van der Waals surface area (Å²) >= 11 is 0. The third-order valence-electron chi connectivity index (χ3n) is 6.17. The average Bonchev–Trinajstić information content (AvgIpc) is 3.25. The number of hydrogen-bond donors (Lipinski definition) is 4. The van der Waals surface area contributed by atoms with Gasteiger partial charge in [-0.2, -0.15) is 10.5 Å². The minimum absolute atomic E-state index is 0.0548. The molecule has 10 heteroatoms. The van der Waals surface area contributed by atoms with Crippen molar-refractivity contribution >= 4 is 23.2 Å². The molecule has 37 heavy (non-hydrogen) atoms. The van der Waals surface area contributed by atoms with E-state index in [0.29, 0.717) is 54.4 Å². The predicted molar refractivity (Wildman–Crippen MR) is 138 cm³/mol. The van der Waals surface area contributed by atoms with Crippen molar-refractivity contribution in [1.82, 2.24) is 15.3 Å². The van der Waals surface area contributed by atoms with Crippen LogP contribution in [0.5, 0.6) is 5.75 Å². The van der Waals surface area contributed by atoms with Gasteiger partial charge in [0.25, 0.3) is 0 Å². The van der Waals surface area contributed by atoms with E-state index in [0.717, 1.165) is 16.8 Å². The number of nitriles is 2. The number of carbonyl (C=O) groups is 1. The lowest BCUT2D eigenvalue weighted by Crippen LogP contribution is -2.28. The topological polar surface area (TPSA) is 156 Å². The van der Waals surface area contributed by atoms with Crippen LogP contribution >= 0.6 is 0 Å². The van der Waals surface area contributed by atoms with Crippen molar-refractivity contribution in [2.75, 3.05) is 36.9 Å². The van der Waals surface area contributed by atoms with E-state index in [1.54, 1.807) is 36.5 Å². The maximum absolute atomic E-state index is 11.0. The molecule has 0 unspecified atom stereocenters. The molecule has 2 aromatic carbocycles. The third-order valence-corrected chi connectivity index (χ3v) is 6.17. The van der Waals surface area contributed by atoms with Gasteiger partial charge in [0, 0.05) is 37.2 Å². The molecule has 0 bridgehead atoms. The van der Waals surface area contributed by atoms with Crippen LogP contribution in [-0.4, -0.2) is 47.3 Å². The molecular formula is C27H27N7O3. The second-order valence-electron chi connectivity index (χ2n) is 9.03.